The molecule has 0 aromatic heterocycles. The molecule has 0 aromatic rings. The van der Waals surface area contributed by atoms with Crippen LogP contribution in [0.5, 0.6) is 0 Å². The lowest BCUT2D eigenvalue weighted by molar-refractivity contribution is 0.365. The fourth-order valence-electron chi connectivity index (χ4n) is 0. The highest BCUT2D eigenvalue weighted by atomic mass is 79.9. The Labute approximate surface area is 53.4 Å². The SMILES string of the molecule is CC(F)(Br)CBr. The third-order valence-corrected chi connectivity index (χ3v) is 2.32. The molecule has 0 bridgehead atoms. The van der Waals surface area contributed by atoms with Crippen molar-refractivity contribution in [2.75, 3.05) is 5.33 Å². The summed E-state index contributed by atoms with van der Waals surface area (Å²) in [5.74, 6) is 0. The molecule has 0 heterocycles. The number of hydrogen-bond donors (Lipinski definition) is 0. The van der Waals surface area contributed by atoms with E-state index in [1.54, 1.807) is 0 Å². The van der Waals surface area contributed by atoms with Gasteiger partial charge in [0.25, 0.3) is 0 Å². The molecule has 0 radical (unpaired) electrons. The zero-order valence-corrected chi connectivity index (χ0v) is 6.51. The highest BCUT2D eigenvalue weighted by molar-refractivity contribution is 9.12. The second kappa shape index (κ2) is 2.26. The summed E-state index contributed by atoms with van der Waals surface area (Å²) >= 11 is 5.71. The molecule has 1 unspecified atom stereocenters. The Morgan fingerprint density at radius 3 is 2.00 bits per heavy atom. The largest absolute Gasteiger partial charge is 0.231 e. The molecule has 0 aliphatic heterocycles. The van der Waals surface area contributed by atoms with Gasteiger partial charge in [-0.2, -0.15) is 0 Å². The van der Waals surface area contributed by atoms with Crippen LogP contribution in [0.15, 0.2) is 0 Å². The van der Waals surface area contributed by atoms with Crippen molar-refractivity contribution in [3.8, 4) is 0 Å². The quantitative estimate of drug-likeness (QED) is 0.595. The van der Waals surface area contributed by atoms with E-state index in [2.05, 4.69) is 31.9 Å². The third-order valence-electron chi connectivity index (χ3n) is 0.235. The minimum absolute atomic E-state index is 0.333. The Bertz CT molecular complexity index is 38.5. The summed E-state index contributed by atoms with van der Waals surface area (Å²) in [4.78, 5) is 0. The molecular formula is C3H5Br2F. The minimum atomic E-state index is -1.23. The third kappa shape index (κ3) is 4.89. The lowest BCUT2D eigenvalue weighted by atomic mass is 10.5. The summed E-state index contributed by atoms with van der Waals surface area (Å²) in [6.45, 7) is 1.45. The van der Waals surface area contributed by atoms with Crippen molar-refractivity contribution in [2.45, 2.75) is 11.5 Å². The van der Waals surface area contributed by atoms with E-state index in [0.717, 1.165) is 0 Å². The topological polar surface area (TPSA) is 0 Å². The number of hydrogen-bond acceptors (Lipinski definition) is 0. The zero-order chi connectivity index (χ0) is 5.21. The van der Waals surface area contributed by atoms with Crippen molar-refractivity contribution >= 4 is 31.9 Å². The molecule has 1 atom stereocenters. The van der Waals surface area contributed by atoms with Gasteiger partial charge in [0, 0.05) is 5.33 Å². The first kappa shape index (κ1) is 6.89. The summed E-state index contributed by atoms with van der Waals surface area (Å²) in [5.41, 5.74) is 0. The van der Waals surface area contributed by atoms with Crippen LogP contribution in [0.1, 0.15) is 6.92 Å². The van der Waals surface area contributed by atoms with Crippen LogP contribution < -0.4 is 0 Å². The number of alkyl halides is 3. The molecule has 0 nitrogen and oxygen atoms in total. The second-order valence-electron chi connectivity index (χ2n) is 1.20. The highest BCUT2D eigenvalue weighted by Gasteiger charge is 2.13. The Morgan fingerprint density at radius 1 is 1.83 bits per heavy atom. The standard InChI is InChI=1S/C3H5Br2F/c1-3(5,6)2-4/h2H2,1H3. The summed E-state index contributed by atoms with van der Waals surface area (Å²) in [7, 11) is 0. The molecular weight excluding hydrogens is 215 g/mol. The molecule has 0 spiro atoms. The normalized spacial score (nSPS) is 20.0. The van der Waals surface area contributed by atoms with Crippen LogP contribution in [0.25, 0.3) is 0 Å². The molecule has 38 valence electrons. The summed E-state index contributed by atoms with van der Waals surface area (Å²) in [6, 6.07) is 0. The minimum Gasteiger partial charge on any atom is -0.231 e. The van der Waals surface area contributed by atoms with Gasteiger partial charge in [0.05, 0.1) is 0 Å². The van der Waals surface area contributed by atoms with E-state index >= 15 is 0 Å². The fraction of sp³-hybridized carbons (Fsp3) is 1.00. The molecule has 3 heteroatoms. The van der Waals surface area contributed by atoms with Gasteiger partial charge < -0.3 is 0 Å². The molecule has 0 aliphatic carbocycles. The van der Waals surface area contributed by atoms with E-state index in [4.69, 9.17) is 0 Å². The smallest absolute Gasteiger partial charge is 0.171 e. The summed E-state index contributed by atoms with van der Waals surface area (Å²) in [5, 5.41) is 0.333. The first-order chi connectivity index (χ1) is 2.56. The maximum absolute atomic E-state index is 12.0. The van der Waals surface area contributed by atoms with Gasteiger partial charge in [-0.05, 0) is 22.9 Å². The monoisotopic (exact) mass is 218 g/mol. The Hall–Kier alpha value is 0.890. The lowest BCUT2D eigenvalue weighted by Gasteiger charge is -2.03. The van der Waals surface area contributed by atoms with Gasteiger partial charge in [-0.15, -0.1) is 0 Å². The first-order valence-electron chi connectivity index (χ1n) is 1.50. The maximum atomic E-state index is 12.0. The number of rotatable bonds is 1. The zero-order valence-electron chi connectivity index (χ0n) is 3.34. The van der Waals surface area contributed by atoms with Crippen LogP contribution in [0.3, 0.4) is 0 Å². The van der Waals surface area contributed by atoms with Gasteiger partial charge in [-0.25, -0.2) is 4.39 Å². The van der Waals surface area contributed by atoms with E-state index in [1.807, 2.05) is 0 Å². The van der Waals surface area contributed by atoms with Crippen molar-refractivity contribution in [2.24, 2.45) is 0 Å². The average Bonchev–Trinajstić information content (AvgIpc) is 1.35. The molecule has 0 saturated carbocycles. The fourth-order valence-corrected chi connectivity index (χ4v) is 0. The second-order valence-corrected chi connectivity index (χ2v) is 3.42. The van der Waals surface area contributed by atoms with Gasteiger partial charge in [0.15, 0.2) is 4.58 Å². The molecule has 6 heavy (non-hydrogen) atoms. The molecule has 0 saturated heterocycles. The van der Waals surface area contributed by atoms with E-state index in [0.29, 0.717) is 5.33 Å². The predicted octanol–water partition coefficient (Wildman–Crippen LogP) is 2.46. The average molecular weight is 220 g/mol. The van der Waals surface area contributed by atoms with Crippen molar-refractivity contribution in [3.63, 3.8) is 0 Å². The highest BCUT2D eigenvalue weighted by Crippen LogP contribution is 2.20. The van der Waals surface area contributed by atoms with Gasteiger partial charge in [-0.3, -0.25) is 0 Å². The van der Waals surface area contributed by atoms with Crippen molar-refractivity contribution in [1.82, 2.24) is 0 Å². The van der Waals surface area contributed by atoms with Gasteiger partial charge >= 0.3 is 0 Å². The predicted molar refractivity (Wildman–Crippen MR) is 32.2 cm³/mol. The van der Waals surface area contributed by atoms with Crippen LogP contribution in [0.2, 0.25) is 0 Å². The summed E-state index contributed by atoms with van der Waals surface area (Å²) in [6.07, 6.45) is 0. The molecule has 0 aliphatic rings. The van der Waals surface area contributed by atoms with Crippen LogP contribution >= 0.6 is 31.9 Å². The van der Waals surface area contributed by atoms with Crippen LogP contribution in [0.4, 0.5) is 4.39 Å². The van der Waals surface area contributed by atoms with E-state index in [-0.39, 0.29) is 0 Å². The van der Waals surface area contributed by atoms with E-state index < -0.39 is 4.58 Å². The van der Waals surface area contributed by atoms with Crippen molar-refractivity contribution < 1.29 is 4.39 Å². The molecule has 0 N–H and O–H groups in total. The van der Waals surface area contributed by atoms with Crippen LogP contribution in [0, 0.1) is 0 Å². The molecule has 0 rings (SSSR count). The summed E-state index contributed by atoms with van der Waals surface area (Å²) < 4.78 is 10.8. The van der Waals surface area contributed by atoms with Crippen molar-refractivity contribution in [3.05, 3.63) is 0 Å². The van der Waals surface area contributed by atoms with E-state index in [1.165, 1.54) is 6.92 Å². The molecule has 0 fully saturated rings. The van der Waals surface area contributed by atoms with Crippen molar-refractivity contribution in [1.29, 1.82) is 0 Å². The Balaban J connectivity index is 3.17. The van der Waals surface area contributed by atoms with Crippen LogP contribution in [-0.2, 0) is 0 Å². The van der Waals surface area contributed by atoms with E-state index in [9.17, 15) is 4.39 Å². The number of halogens is 3. The van der Waals surface area contributed by atoms with Gasteiger partial charge in [0.1, 0.15) is 0 Å². The maximum Gasteiger partial charge on any atom is 0.171 e. The lowest BCUT2D eigenvalue weighted by Crippen LogP contribution is -2.06. The molecule has 0 amide bonds. The van der Waals surface area contributed by atoms with Gasteiger partial charge in [0.2, 0.25) is 0 Å². The Kier molecular flexibility index (Phi) is 2.60. The molecule has 0 aromatic carbocycles. The first-order valence-corrected chi connectivity index (χ1v) is 3.41. The van der Waals surface area contributed by atoms with Crippen LogP contribution in [-0.4, -0.2) is 9.91 Å². The van der Waals surface area contributed by atoms with Gasteiger partial charge in [-0.1, -0.05) is 15.9 Å². The Morgan fingerprint density at radius 2 is 2.00 bits per heavy atom.